The first-order valence-electron chi connectivity index (χ1n) is 6.30. The largest absolute Gasteiger partial charge is 0.493 e. The Kier molecular flexibility index (Phi) is 5.49. The molecule has 0 fully saturated rings. The van der Waals surface area contributed by atoms with Gasteiger partial charge < -0.3 is 14.8 Å². The van der Waals surface area contributed by atoms with E-state index in [9.17, 15) is 18.0 Å². The predicted octanol–water partition coefficient (Wildman–Crippen LogP) is 4.45. The molecule has 0 saturated heterocycles. The molecule has 4 nitrogen and oxygen atoms in total. The van der Waals surface area contributed by atoms with Gasteiger partial charge in [-0.05, 0) is 30.3 Å². The van der Waals surface area contributed by atoms with Crippen molar-refractivity contribution in [1.29, 1.82) is 0 Å². The Balaban J connectivity index is 2.23. The highest BCUT2D eigenvalue weighted by atomic mass is 79.9. The first kappa shape index (κ1) is 17.1. The number of halogens is 4. The quantitative estimate of drug-likeness (QED) is 0.821. The van der Waals surface area contributed by atoms with Crippen molar-refractivity contribution in [3.8, 4) is 11.5 Å². The van der Waals surface area contributed by atoms with Crippen LogP contribution < -0.4 is 14.8 Å². The second-order valence-electron chi connectivity index (χ2n) is 4.32. The van der Waals surface area contributed by atoms with E-state index in [0.29, 0.717) is 4.47 Å². The van der Waals surface area contributed by atoms with E-state index in [1.165, 1.54) is 37.4 Å². The Bertz CT molecular complexity index is 725. The van der Waals surface area contributed by atoms with Crippen LogP contribution in [0.4, 0.5) is 18.9 Å². The number of nitrogens with one attached hydrogen (secondary N) is 1. The molecule has 0 aliphatic heterocycles. The topological polar surface area (TPSA) is 47.6 Å². The number of benzene rings is 2. The smallest absolute Gasteiger partial charge is 0.387 e. The lowest BCUT2D eigenvalue weighted by atomic mass is 10.2. The van der Waals surface area contributed by atoms with Gasteiger partial charge in [0.05, 0.1) is 12.7 Å². The number of ether oxygens (including phenoxy) is 2. The summed E-state index contributed by atoms with van der Waals surface area (Å²) in [6.07, 6.45) is 0. The molecule has 0 spiro atoms. The van der Waals surface area contributed by atoms with Crippen LogP contribution in [0.25, 0.3) is 0 Å². The molecule has 23 heavy (non-hydrogen) atoms. The van der Waals surface area contributed by atoms with E-state index in [2.05, 4.69) is 26.0 Å². The highest BCUT2D eigenvalue weighted by molar-refractivity contribution is 9.10. The summed E-state index contributed by atoms with van der Waals surface area (Å²) in [6.45, 7) is -3.04. The van der Waals surface area contributed by atoms with Gasteiger partial charge in [-0.3, -0.25) is 4.79 Å². The van der Waals surface area contributed by atoms with E-state index in [4.69, 9.17) is 4.74 Å². The van der Waals surface area contributed by atoms with Crippen molar-refractivity contribution in [1.82, 2.24) is 0 Å². The molecule has 0 saturated carbocycles. The number of anilines is 1. The maximum atomic E-state index is 13.7. The standard InChI is InChI=1S/C15H11BrF3NO3/c1-22-12-5-3-9(7-13(12)23-15(18)19)20-14(21)10-4-2-8(16)6-11(10)17/h2-7,15H,1H3,(H,20,21). The number of carbonyl (C=O) groups is 1. The third-order valence-electron chi connectivity index (χ3n) is 2.81. The van der Waals surface area contributed by atoms with Crippen LogP contribution in [-0.4, -0.2) is 19.6 Å². The van der Waals surface area contributed by atoms with Crippen molar-refractivity contribution in [2.75, 3.05) is 12.4 Å². The Morgan fingerprint density at radius 3 is 2.52 bits per heavy atom. The monoisotopic (exact) mass is 389 g/mol. The fraction of sp³-hybridized carbons (Fsp3) is 0.133. The molecule has 0 atom stereocenters. The van der Waals surface area contributed by atoms with E-state index < -0.39 is 18.3 Å². The molecule has 0 radical (unpaired) electrons. The minimum Gasteiger partial charge on any atom is -0.493 e. The maximum Gasteiger partial charge on any atom is 0.387 e. The van der Waals surface area contributed by atoms with Crippen molar-refractivity contribution in [3.63, 3.8) is 0 Å². The summed E-state index contributed by atoms with van der Waals surface area (Å²) in [4.78, 5) is 12.0. The molecule has 0 heterocycles. The number of hydrogen-bond acceptors (Lipinski definition) is 3. The summed E-state index contributed by atoms with van der Waals surface area (Å²) in [5.41, 5.74) is -0.0193. The van der Waals surface area contributed by atoms with Crippen molar-refractivity contribution in [3.05, 3.63) is 52.3 Å². The highest BCUT2D eigenvalue weighted by Gasteiger charge is 2.15. The van der Waals surface area contributed by atoms with Crippen LogP contribution in [-0.2, 0) is 0 Å². The SMILES string of the molecule is COc1ccc(NC(=O)c2ccc(Br)cc2F)cc1OC(F)F. The van der Waals surface area contributed by atoms with Crippen molar-refractivity contribution >= 4 is 27.5 Å². The molecule has 8 heteroatoms. The van der Waals surface area contributed by atoms with Crippen LogP contribution in [0.5, 0.6) is 11.5 Å². The van der Waals surface area contributed by atoms with Gasteiger partial charge in [-0.2, -0.15) is 8.78 Å². The maximum absolute atomic E-state index is 13.7. The lowest BCUT2D eigenvalue weighted by Gasteiger charge is -2.12. The molecule has 1 amide bonds. The number of alkyl halides is 2. The highest BCUT2D eigenvalue weighted by Crippen LogP contribution is 2.31. The lowest BCUT2D eigenvalue weighted by molar-refractivity contribution is -0.0511. The summed E-state index contributed by atoms with van der Waals surface area (Å²) < 4.78 is 48.2. The summed E-state index contributed by atoms with van der Waals surface area (Å²) in [7, 11) is 1.29. The molecule has 0 bridgehead atoms. The van der Waals surface area contributed by atoms with Crippen molar-refractivity contribution in [2.45, 2.75) is 6.61 Å². The summed E-state index contributed by atoms with van der Waals surface area (Å²) in [6, 6.07) is 7.90. The third-order valence-corrected chi connectivity index (χ3v) is 3.31. The molecular formula is C15H11BrF3NO3. The van der Waals surface area contributed by atoms with Crippen molar-refractivity contribution in [2.24, 2.45) is 0 Å². The minimum atomic E-state index is -3.04. The molecule has 0 aromatic heterocycles. The summed E-state index contributed by atoms with van der Waals surface area (Å²) in [5.74, 6) is -1.59. The van der Waals surface area contributed by atoms with E-state index in [-0.39, 0.29) is 22.7 Å². The predicted molar refractivity (Wildman–Crippen MR) is 81.7 cm³/mol. The average molecular weight is 390 g/mol. The van der Waals surface area contributed by atoms with Gasteiger partial charge in [0, 0.05) is 16.2 Å². The number of amides is 1. The van der Waals surface area contributed by atoms with E-state index in [1.807, 2.05) is 0 Å². The van der Waals surface area contributed by atoms with Gasteiger partial charge >= 0.3 is 6.61 Å². The molecule has 2 rings (SSSR count). The average Bonchev–Trinajstić information content (AvgIpc) is 2.46. The van der Waals surface area contributed by atoms with E-state index >= 15 is 0 Å². The van der Waals surface area contributed by atoms with Crippen LogP contribution >= 0.6 is 15.9 Å². The van der Waals surface area contributed by atoms with Gasteiger partial charge in [0.15, 0.2) is 11.5 Å². The van der Waals surface area contributed by atoms with Gasteiger partial charge in [-0.15, -0.1) is 0 Å². The van der Waals surface area contributed by atoms with Gasteiger partial charge in [0.2, 0.25) is 0 Å². The van der Waals surface area contributed by atoms with E-state index in [1.54, 1.807) is 0 Å². The number of methoxy groups -OCH3 is 1. The minimum absolute atomic E-state index is 0.0816. The Morgan fingerprint density at radius 2 is 1.91 bits per heavy atom. The molecule has 2 aromatic rings. The second-order valence-corrected chi connectivity index (χ2v) is 5.24. The zero-order valence-electron chi connectivity index (χ0n) is 11.8. The zero-order valence-corrected chi connectivity index (χ0v) is 13.4. The van der Waals surface area contributed by atoms with Crippen LogP contribution in [0.15, 0.2) is 40.9 Å². The Hall–Kier alpha value is -2.22. The normalized spacial score (nSPS) is 10.5. The fourth-order valence-corrected chi connectivity index (χ4v) is 2.15. The molecule has 122 valence electrons. The molecule has 0 unspecified atom stereocenters. The Morgan fingerprint density at radius 1 is 1.17 bits per heavy atom. The van der Waals surface area contributed by atoms with Gasteiger partial charge in [0.1, 0.15) is 5.82 Å². The van der Waals surface area contributed by atoms with Crippen LogP contribution in [0.2, 0.25) is 0 Å². The molecule has 0 aliphatic carbocycles. The van der Waals surface area contributed by atoms with Crippen LogP contribution in [0.3, 0.4) is 0 Å². The fourth-order valence-electron chi connectivity index (χ4n) is 1.81. The van der Waals surface area contributed by atoms with Crippen molar-refractivity contribution < 1.29 is 27.4 Å². The number of carbonyl (C=O) groups excluding carboxylic acids is 1. The molecule has 0 aliphatic rings. The Labute approximate surface area is 138 Å². The second kappa shape index (κ2) is 7.36. The first-order valence-corrected chi connectivity index (χ1v) is 7.09. The first-order chi connectivity index (χ1) is 10.9. The van der Waals surface area contributed by atoms with Gasteiger partial charge in [0.25, 0.3) is 5.91 Å². The number of rotatable bonds is 5. The number of hydrogen-bond donors (Lipinski definition) is 1. The van der Waals surface area contributed by atoms with Crippen LogP contribution in [0, 0.1) is 5.82 Å². The van der Waals surface area contributed by atoms with Gasteiger partial charge in [-0.1, -0.05) is 15.9 Å². The van der Waals surface area contributed by atoms with E-state index in [0.717, 1.165) is 6.07 Å². The molecule has 2 aromatic carbocycles. The summed E-state index contributed by atoms with van der Waals surface area (Å²) >= 11 is 3.09. The molecular weight excluding hydrogens is 379 g/mol. The summed E-state index contributed by atoms with van der Waals surface area (Å²) in [5, 5.41) is 2.41. The lowest BCUT2D eigenvalue weighted by Crippen LogP contribution is -2.14. The third kappa shape index (κ3) is 4.38. The molecule has 1 N–H and O–H groups in total. The zero-order chi connectivity index (χ0) is 17.0. The van der Waals surface area contributed by atoms with Gasteiger partial charge in [-0.25, -0.2) is 4.39 Å². The van der Waals surface area contributed by atoms with Crippen LogP contribution in [0.1, 0.15) is 10.4 Å².